The first-order chi connectivity index (χ1) is 9.37. The number of hydrogen-bond acceptors (Lipinski definition) is 2. The van der Waals surface area contributed by atoms with Gasteiger partial charge in [0.05, 0.1) is 6.04 Å². The summed E-state index contributed by atoms with van der Waals surface area (Å²) in [5.74, 6) is 0. The number of nitrogens with zero attached hydrogens (tertiary/aromatic N) is 1. The molecule has 0 aliphatic heterocycles. The Morgan fingerprint density at radius 3 is 2.80 bits per heavy atom. The van der Waals surface area contributed by atoms with Gasteiger partial charge < -0.3 is 14.6 Å². The van der Waals surface area contributed by atoms with Crippen molar-refractivity contribution in [2.75, 3.05) is 0 Å². The molecule has 1 amide bonds. The van der Waals surface area contributed by atoms with Crippen LogP contribution in [0, 0.1) is 0 Å². The number of alkyl carbamates (subject to hydrolysis) is 1. The minimum atomic E-state index is -0.506. The fourth-order valence-corrected chi connectivity index (χ4v) is 1.87. The molecule has 0 radical (unpaired) electrons. The van der Waals surface area contributed by atoms with Crippen molar-refractivity contribution in [1.82, 2.24) is 9.88 Å². The van der Waals surface area contributed by atoms with E-state index in [1.54, 1.807) is 6.08 Å². The van der Waals surface area contributed by atoms with E-state index >= 15 is 0 Å². The number of carbonyl (C=O) groups excluding carboxylic acids is 1. The molecule has 1 atom stereocenters. The molecular formula is C16H24N2O2. The highest BCUT2D eigenvalue weighted by atomic mass is 16.6. The van der Waals surface area contributed by atoms with Crippen molar-refractivity contribution in [3.8, 4) is 0 Å². The van der Waals surface area contributed by atoms with E-state index in [-0.39, 0.29) is 6.04 Å². The van der Waals surface area contributed by atoms with Gasteiger partial charge in [-0.25, -0.2) is 4.79 Å². The van der Waals surface area contributed by atoms with Crippen LogP contribution < -0.4 is 5.32 Å². The van der Waals surface area contributed by atoms with Crippen LogP contribution in [0.25, 0.3) is 6.20 Å². The normalized spacial score (nSPS) is 13.2. The second kappa shape index (κ2) is 6.98. The molecule has 1 N–H and O–H groups in total. The van der Waals surface area contributed by atoms with Crippen LogP contribution in [0.3, 0.4) is 0 Å². The highest BCUT2D eigenvalue weighted by Gasteiger charge is 2.21. The summed E-state index contributed by atoms with van der Waals surface area (Å²) in [6, 6.07) is 3.77. The van der Waals surface area contributed by atoms with Gasteiger partial charge in [-0.2, -0.15) is 0 Å². The van der Waals surface area contributed by atoms with Crippen molar-refractivity contribution in [3.63, 3.8) is 0 Å². The van der Waals surface area contributed by atoms with E-state index in [9.17, 15) is 4.79 Å². The number of amides is 1. The maximum Gasteiger partial charge on any atom is 0.408 e. The Balaban J connectivity index is 2.86. The Bertz CT molecular complexity index is 481. The van der Waals surface area contributed by atoms with E-state index in [0.717, 1.165) is 5.69 Å². The number of nitrogens with one attached hydrogen (secondary N) is 1. The van der Waals surface area contributed by atoms with Crippen LogP contribution in [0.2, 0.25) is 0 Å². The van der Waals surface area contributed by atoms with E-state index in [4.69, 9.17) is 4.74 Å². The summed E-state index contributed by atoms with van der Waals surface area (Å²) in [5.41, 5.74) is 0.488. The summed E-state index contributed by atoms with van der Waals surface area (Å²) in [4.78, 5) is 11.9. The highest BCUT2D eigenvalue weighted by Crippen LogP contribution is 2.19. The molecule has 110 valence electrons. The Morgan fingerprint density at radius 1 is 1.55 bits per heavy atom. The molecule has 0 saturated carbocycles. The number of rotatable bonds is 5. The number of carbonyl (C=O) groups is 1. The molecule has 0 aliphatic carbocycles. The van der Waals surface area contributed by atoms with Crippen molar-refractivity contribution >= 4 is 12.3 Å². The topological polar surface area (TPSA) is 43.3 Å². The first-order valence-corrected chi connectivity index (χ1v) is 6.77. The number of ether oxygens (including phenoxy) is 1. The quantitative estimate of drug-likeness (QED) is 0.822. The summed E-state index contributed by atoms with van der Waals surface area (Å²) in [6.07, 6.45) is 7.85. The number of hydrogen-bond donors (Lipinski definition) is 1. The van der Waals surface area contributed by atoms with E-state index in [2.05, 4.69) is 11.9 Å². The minimum absolute atomic E-state index is 0.159. The third-order valence-corrected chi connectivity index (χ3v) is 2.57. The Hall–Kier alpha value is -1.97. The SMILES string of the molecule is C=CC[C@H](NC(=O)OC(C)(C)C)c1cccn1/C=C\C. The average molecular weight is 276 g/mol. The first-order valence-electron chi connectivity index (χ1n) is 6.77. The molecule has 0 saturated heterocycles. The van der Waals surface area contributed by atoms with Crippen LogP contribution in [-0.2, 0) is 4.74 Å². The second-order valence-corrected chi connectivity index (χ2v) is 5.55. The Morgan fingerprint density at radius 2 is 2.25 bits per heavy atom. The molecule has 0 aliphatic rings. The van der Waals surface area contributed by atoms with Gasteiger partial charge in [0.2, 0.25) is 0 Å². The lowest BCUT2D eigenvalue weighted by Crippen LogP contribution is -2.35. The van der Waals surface area contributed by atoms with Crippen LogP contribution in [0.5, 0.6) is 0 Å². The predicted molar refractivity (Wildman–Crippen MR) is 82.4 cm³/mol. The van der Waals surface area contributed by atoms with E-state index < -0.39 is 11.7 Å². The maximum absolute atomic E-state index is 11.9. The maximum atomic E-state index is 11.9. The lowest BCUT2D eigenvalue weighted by atomic mass is 10.1. The second-order valence-electron chi connectivity index (χ2n) is 5.55. The summed E-state index contributed by atoms with van der Waals surface area (Å²) in [6.45, 7) is 11.2. The van der Waals surface area contributed by atoms with Gasteiger partial charge in [0, 0.05) is 18.1 Å². The smallest absolute Gasteiger partial charge is 0.408 e. The molecule has 1 aromatic rings. The van der Waals surface area contributed by atoms with Gasteiger partial charge in [0.25, 0.3) is 0 Å². The molecule has 0 unspecified atom stereocenters. The van der Waals surface area contributed by atoms with Crippen LogP contribution >= 0.6 is 0 Å². The summed E-state index contributed by atoms with van der Waals surface area (Å²) >= 11 is 0. The standard InChI is InChI=1S/C16H24N2O2/c1-6-9-13(17-15(19)20-16(3,4)5)14-10-8-12-18(14)11-7-2/h6-8,10-13H,1,9H2,2-5H3,(H,17,19)/b11-7-/t13-/m0/s1. The molecule has 0 bridgehead atoms. The Kier molecular flexibility index (Phi) is 5.62. The average Bonchev–Trinajstić information content (AvgIpc) is 2.74. The fourth-order valence-electron chi connectivity index (χ4n) is 1.87. The fraction of sp³-hybridized carbons (Fsp3) is 0.438. The van der Waals surface area contributed by atoms with Crippen molar-refractivity contribution in [2.24, 2.45) is 0 Å². The molecular weight excluding hydrogens is 252 g/mol. The van der Waals surface area contributed by atoms with Crippen molar-refractivity contribution in [1.29, 1.82) is 0 Å². The molecule has 20 heavy (non-hydrogen) atoms. The molecule has 4 nitrogen and oxygen atoms in total. The van der Waals surface area contributed by atoms with E-state index in [1.807, 2.05) is 62.9 Å². The van der Waals surface area contributed by atoms with Crippen LogP contribution in [0.15, 0.2) is 37.1 Å². The van der Waals surface area contributed by atoms with Crippen molar-refractivity contribution in [2.45, 2.75) is 45.8 Å². The first kappa shape index (κ1) is 16.1. The Labute approximate surface area is 121 Å². The van der Waals surface area contributed by atoms with E-state index in [1.165, 1.54) is 0 Å². The van der Waals surface area contributed by atoms with Gasteiger partial charge in [-0.15, -0.1) is 6.58 Å². The van der Waals surface area contributed by atoms with Crippen molar-refractivity contribution in [3.05, 3.63) is 42.8 Å². The number of allylic oxidation sites excluding steroid dienone is 1. The van der Waals surface area contributed by atoms with Gasteiger partial charge in [-0.1, -0.05) is 12.2 Å². The van der Waals surface area contributed by atoms with E-state index in [0.29, 0.717) is 6.42 Å². The third-order valence-electron chi connectivity index (χ3n) is 2.57. The summed E-state index contributed by atoms with van der Waals surface area (Å²) in [5, 5.41) is 2.89. The lowest BCUT2D eigenvalue weighted by Gasteiger charge is -2.23. The van der Waals surface area contributed by atoms with Gasteiger partial charge in [0.15, 0.2) is 0 Å². The molecule has 1 heterocycles. The zero-order chi connectivity index (χ0) is 15.2. The van der Waals surface area contributed by atoms with Gasteiger partial charge in [0.1, 0.15) is 5.60 Å². The minimum Gasteiger partial charge on any atom is -0.444 e. The summed E-state index contributed by atoms with van der Waals surface area (Å²) in [7, 11) is 0. The van der Waals surface area contributed by atoms with Crippen LogP contribution in [0.1, 0.15) is 45.9 Å². The predicted octanol–water partition coefficient (Wildman–Crippen LogP) is 4.12. The molecule has 1 aromatic heterocycles. The zero-order valence-corrected chi connectivity index (χ0v) is 12.7. The monoisotopic (exact) mass is 276 g/mol. The largest absolute Gasteiger partial charge is 0.444 e. The summed E-state index contributed by atoms with van der Waals surface area (Å²) < 4.78 is 7.28. The molecule has 0 aromatic carbocycles. The third kappa shape index (κ3) is 4.96. The molecule has 1 rings (SSSR count). The van der Waals surface area contributed by atoms with Crippen LogP contribution in [0.4, 0.5) is 4.79 Å². The zero-order valence-electron chi connectivity index (χ0n) is 12.7. The van der Waals surface area contributed by atoms with Gasteiger partial charge in [-0.05, 0) is 46.2 Å². The van der Waals surface area contributed by atoms with Gasteiger partial charge in [-0.3, -0.25) is 0 Å². The van der Waals surface area contributed by atoms with Crippen molar-refractivity contribution < 1.29 is 9.53 Å². The van der Waals surface area contributed by atoms with Gasteiger partial charge >= 0.3 is 6.09 Å². The molecule has 0 spiro atoms. The molecule has 0 fully saturated rings. The number of aromatic nitrogens is 1. The molecule has 4 heteroatoms. The lowest BCUT2D eigenvalue weighted by molar-refractivity contribution is 0.0502. The van der Waals surface area contributed by atoms with Crippen LogP contribution in [-0.4, -0.2) is 16.3 Å². The highest BCUT2D eigenvalue weighted by molar-refractivity contribution is 5.68.